The summed E-state index contributed by atoms with van der Waals surface area (Å²) in [7, 11) is 0. The van der Waals surface area contributed by atoms with Gasteiger partial charge >= 0.3 is 107 Å². The Morgan fingerprint density at radius 1 is 0.688 bits per heavy atom. The van der Waals surface area contributed by atoms with Crippen LogP contribution in [0.4, 0.5) is 0 Å². The average Bonchev–Trinajstić information content (AvgIpc) is 2.31. The van der Waals surface area contributed by atoms with E-state index in [2.05, 4.69) is 26.2 Å². The van der Waals surface area contributed by atoms with Crippen molar-refractivity contribution in [3.63, 3.8) is 0 Å². The van der Waals surface area contributed by atoms with Crippen LogP contribution < -0.4 is 10.6 Å². The van der Waals surface area contributed by atoms with Crippen LogP contribution in [0.15, 0.2) is 0 Å². The zero-order valence-corrected chi connectivity index (χ0v) is 11.8. The molecule has 2 rings (SSSR count). The Balaban J connectivity index is 1.66. The summed E-state index contributed by atoms with van der Waals surface area (Å²) in [5, 5.41) is 7.23. The number of hydrogen-bond donors (Lipinski definition) is 2. The number of hydrogen-bond acceptors (Lipinski definition) is 2. The minimum atomic E-state index is 0.709. The van der Waals surface area contributed by atoms with E-state index in [1.165, 1.54) is 68.9 Å². The second-order valence-electron chi connectivity index (χ2n) is 5.29. The first-order valence-corrected chi connectivity index (χ1v) is 7.77. The van der Waals surface area contributed by atoms with Gasteiger partial charge in [0, 0.05) is 0 Å². The second-order valence-corrected chi connectivity index (χ2v) is 6.14. The Hall–Kier alpha value is -0.0105. The van der Waals surface area contributed by atoms with E-state index < -0.39 is 0 Å². The van der Waals surface area contributed by atoms with E-state index >= 15 is 0 Å². The average molecular weight is 287 g/mol. The van der Waals surface area contributed by atoms with Crippen LogP contribution in [-0.2, 0) is 0 Å². The molecule has 0 saturated heterocycles. The molecule has 2 saturated carbocycles. The van der Waals surface area contributed by atoms with Gasteiger partial charge in [-0.1, -0.05) is 0 Å². The second kappa shape index (κ2) is 6.66. The van der Waals surface area contributed by atoms with E-state index in [1.54, 1.807) is 0 Å². The van der Waals surface area contributed by atoms with E-state index in [9.17, 15) is 0 Å². The summed E-state index contributed by atoms with van der Waals surface area (Å²) in [5.74, 6) is 0. The standard InChI is InChI=1S/C13H24N2Se/c16-13(14-11-7-3-1-4-8-11)15-12-9-5-2-6-10-12/h11-12H,1-10H2,(H2,14,15,16). The van der Waals surface area contributed by atoms with Crippen molar-refractivity contribution in [3.8, 4) is 0 Å². The molecule has 0 radical (unpaired) electrons. The Kier molecular flexibility index (Phi) is 5.18. The molecule has 2 aliphatic carbocycles. The normalized spacial score (nSPS) is 24.0. The fourth-order valence-corrected chi connectivity index (χ4v) is 3.61. The van der Waals surface area contributed by atoms with Crippen molar-refractivity contribution < 1.29 is 0 Å². The minimum absolute atomic E-state index is 0.709. The van der Waals surface area contributed by atoms with Gasteiger partial charge in [-0.2, -0.15) is 0 Å². The first kappa shape index (κ1) is 12.4. The molecule has 0 bridgehead atoms. The zero-order chi connectivity index (χ0) is 11.2. The van der Waals surface area contributed by atoms with Gasteiger partial charge in [-0.25, -0.2) is 0 Å². The van der Waals surface area contributed by atoms with Crippen LogP contribution in [0.1, 0.15) is 64.2 Å². The van der Waals surface area contributed by atoms with E-state index in [4.69, 9.17) is 0 Å². The molecule has 92 valence electrons. The zero-order valence-electron chi connectivity index (χ0n) is 10.1. The molecule has 3 heteroatoms. The third kappa shape index (κ3) is 4.10. The van der Waals surface area contributed by atoms with Crippen LogP contribution in [-0.4, -0.2) is 32.3 Å². The van der Waals surface area contributed by atoms with Crippen LogP contribution in [0.3, 0.4) is 0 Å². The van der Waals surface area contributed by atoms with E-state index in [0.29, 0.717) is 12.1 Å². The Morgan fingerprint density at radius 3 is 1.44 bits per heavy atom. The Bertz CT molecular complexity index is 196. The maximum atomic E-state index is 3.62. The van der Waals surface area contributed by atoms with E-state index in [-0.39, 0.29) is 0 Å². The van der Waals surface area contributed by atoms with Gasteiger partial charge in [0.2, 0.25) is 0 Å². The molecule has 0 spiro atoms. The van der Waals surface area contributed by atoms with Gasteiger partial charge in [-0.15, -0.1) is 0 Å². The Morgan fingerprint density at radius 2 is 1.06 bits per heavy atom. The molecule has 2 nitrogen and oxygen atoms in total. The molecule has 0 heterocycles. The van der Waals surface area contributed by atoms with Crippen molar-refractivity contribution >= 4 is 20.2 Å². The molecule has 0 aromatic rings. The number of nitrogens with one attached hydrogen (secondary N) is 2. The van der Waals surface area contributed by atoms with Crippen molar-refractivity contribution in [2.45, 2.75) is 76.3 Å². The maximum absolute atomic E-state index is 3.62. The predicted molar refractivity (Wildman–Crippen MR) is 70.8 cm³/mol. The molecule has 2 fully saturated rings. The monoisotopic (exact) mass is 288 g/mol. The summed E-state index contributed by atoms with van der Waals surface area (Å²) in [4.78, 5) is 0. The number of rotatable bonds is 4. The molecule has 0 aromatic carbocycles. The predicted octanol–water partition coefficient (Wildman–Crippen LogP) is 2.09. The molecule has 0 aromatic heterocycles. The van der Waals surface area contributed by atoms with Gasteiger partial charge in [0.05, 0.1) is 0 Å². The van der Waals surface area contributed by atoms with Gasteiger partial charge in [-0.05, 0) is 0 Å². The molecule has 16 heavy (non-hydrogen) atoms. The van der Waals surface area contributed by atoms with Crippen molar-refractivity contribution in [3.05, 3.63) is 0 Å². The van der Waals surface area contributed by atoms with Crippen molar-refractivity contribution in [1.29, 1.82) is 0 Å². The molecule has 0 atom stereocenters. The van der Waals surface area contributed by atoms with Gasteiger partial charge < -0.3 is 0 Å². The first-order valence-electron chi connectivity index (χ1n) is 6.91. The summed E-state index contributed by atoms with van der Waals surface area (Å²) in [6, 6.07) is 1.42. The van der Waals surface area contributed by atoms with Crippen molar-refractivity contribution in [2.24, 2.45) is 0 Å². The summed E-state index contributed by atoms with van der Waals surface area (Å²) < 4.78 is 1.19. The van der Waals surface area contributed by atoms with Crippen molar-refractivity contribution in [2.75, 3.05) is 0 Å². The molecule has 0 amide bonds. The van der Waals surface area contributed by atoms with Crippen LogP contribution in [0, 0.1) is 0 Å². The molecular weight excluding hydrogens is 263 g/mol. The van der Waals surface area contributed by atoms with E-state index in [0.717, 1.165) is 0 Å². The third-order valence-electron chi connectivity index (χ3n) is 3.88. The molecule has 2 aliphatic rings. The van der Waals surface area contributed by atoms with Gasteiger partial charge in [0.25, 0.3) is 0 Å². The fraction of sp³-hybridized carbons (Fsp3) is 0.923. The van der Waals surface area contributed by atoms with Crippen LogP contribution >= 0.6 is 0 Å². The first-order chi connectivity index (χ1) is 7.84. The van der Waals surface area contributed by atoms with Gasteiger partial charge in [-0.3, -0.25) is 0 Å². The molecule has 2 N–H and O–H groups in total. The third-order valence-corrected chi connectivity index (χ3v) is 4.38. The van der Waals surface area contributed by atoms with Gasteiger partial charge in [0.15, 0.2) is 0 Å². The topological polar surface area (TPSA) is 24.1 Å². The Labute approximate surface area is 107 Å². The summed E-state index contributed by atoms with van der Waals surface area (Å²) in [6.07, 6.45) is 13.8. The van der Waals surface area contributed by atoms with Crippen LogP contribution in [0.2, 0.25) is 0 Å². The van der Waals surface area contributed by atoms with E-state index in [1.807, 2.05) is 0 Å². The summed E-state index contributed by atoms with van der Waals surface area (Å²) >= 11 is 3.17. The van der Waals surface area contributed by atoms with Crippen LogP contribution in [0.25, 0.3) is 0 Å². The molecule has 0 aliphatic heterocycles. The fourth-order valence-electron chi connectivity index (χ4n) is 2.91. The summed E-state index contributed by atoms with van der Waals surface area (Å²) in [5.41, 5.74) is 0. The molecule has 0 unspecified atom stereocenters. The quantitative estimate of drug-likeness (QED) is 0.774. The molecular formula is C13H24N2Se. The van der Waals surface area contributed by atoms with Crippen molar-refractivity contribution in [1.82, 2.24) is 10.6 Å². The SMILES string of the molecule is [Se]=C(NC1CCCCC1)NC1CCCCC1. The van der Waals surface area contributed by atoms with Crippen LogP contribution in [0.5, 0.6) is 0 Å². The van der Waals surface area contributed by atoms with Gasteiger partial charge in [0.1, 0.15) is 0 Å². The summed E-state index contributed by atoms with van der Waals surface area (Å²) in [6.45, 7) is 0.